The molecule has 1 heterocycles. The summed E-state index contributed by atoms with van der Waals surface area (Å²) < 4.78 is 39.9. The number of amides is 1. The zero-order valence-corrected chi connectivity index (χ0v) is 14.4. The molecule has 1 unspecified atom stereocenters. The maximum Gasteiger partial charge on any atom is 0.392 e. The maximum absolute atomic E-state index is 13.3. The Morgan fingerprint density at radius 2 is 1.85 bits per heavy atom. The zero-order chi connectivity index (χ0) is 18.9. The van der Waals surface area contributed by atoms with E-state index in [0.717, 1.165) is 12.0 Å². The lowest BCUT2D eigenvalue weighted by atomic mass is 9.58. The number of aromatic carboxylic acids is 1. The second-order valence-corrected chi connectivity index (χ2v) is 7.42. The first kappa shape index (κ1) is 18.7. The van der Waals surface area contributed by atoms with Crippen LogP contribution in [-0.2, 0) is 11.2 Å². The molecule has 1 aliphatic carbocycles. The van der Waals surface area contributed by atoms with Gasteiger partial charge in [-0.15, -0.1) is 0 Å². The van der Waals surface area contributed by atoms with Crippen molar-refractivity contribution in [1.29, 1.82) is 0 Å². The number of carboxylic acid groups (broad SMARTS) is 1. The molecule has 2 aliphatic rings. The summed E-state index contributed by atoms with van der Waals surface area (Å²) in [6.45, 7) is 0.358. The van der Waals surface area contributed by atoms with Crippen LogP contribution in [0.15, 0.2) is 24.3 Å². The molecule has 1 aromatic carbocycles. The molecular formula is C19H22F3NO3. The van der Waals surface area contributed by atoms with Crippen LogP contribution in [0.25, 0.3) is 0 Å². The highest BCUT2D eigenvalue weighted by molar-refractivity contribution is 5.87. The van der Waals surface area contributed by atoms with Gasteiger partial charge in [0.2, 0.25) is 5.91 Å². The third-order valence-electron chi connectivity index (χ3n) is 5.86. The number of benzene rings is 1. The molecular weight excluding hydrogens is 347 g/mol. The van der Waals surface area contributed by atoms with Crippen molar-refractivity contribution in [3.63, 3.8) is 0 Å². The SMILES string of the molecule is O=C(O)c1ccc(CCC(=O)N2CCC(C(F)(F)F)C3(CCC3)C2)cc1. The minimum Gasteiger partial charge on any atom is -0.478 e. The van der Waals surface area contributed by atoms with E-state index in [4.69, 9.17) is 5.11 Å². The van der Waals surface area contributed by atoms with Crippen LogP contribution < -0.4 is 0 Å². The number of halogens is 3. The highest BCUT2D eigenvalue weighted by Crippen LogP contribution is 2.56. The number of likely N-dealkylation sites (tertiary alicyclic amines) is 1. The van der Waals surface area contributed by atoms with Gasteiger partial charge in [0.05, 0.1) is 11.5 Å². The number of hydrogen-bond donors (Lipinski definition) is 1. The predicted molar refractivity (Wildman–Crippen MR) is 88.7 cm³/mol. The molecule has 1 atom stereocenters. The quantitative estimate of drug-likeness (QED) is 0.876. The molecule has 1 saturated carbocycles. The Bertz CT molecular complexity index is 680. The number of piperidine rings is 1. The molecule has 1 aliphatic heterocycles. The number of carboxylic acids is 1. The summed E-state index contributed by atoms with van der Waals surface area (Å²) in [6, 6.07) is 6.31. The molecule has 2 fully saturated rings. The average molecular weight is 369 g/mol. The molecule has 1 aromatic rings. The van der Waals surface area contributed by atoms with Crippen molar-refractivity contribution >= 4 is 11.9 Å². The van der Waals surface area contributed by atoms with Gasteiger partial charge in [-0.05, 0) is 48.8 Å². The van der Waals surface area contributed by atoms with Gasteiger partial charge in [0.1, 0.15) is 0 Å². The van der Waals surface area contributed by atoms with Crippen molar-refractivity contribution < 1.29 is 27.9 Å². The van der Waals surface area contributed by atoms with Gasteiger partial charge in [0.15, 0.2) is 0 Å². The first-order chi connectivity index (χ1) is 12.2. The molecule has 142 valence electrons. The molecule has 3 rings (SSSR count). The lowest BCUT2D eigenvalue weighted by molar-refractivity contribution is -0.237. The smallest absolute Gasteiger partial charge is 0.392 e. The number of alkyl halides is 3. The second kappa shape index (κ2) is 6.93. The first-order valence-electron chi connectivity index (χ1n) is 8.88. The number of carbonyl (C=O) groups excluding carboxylic acids is 1. The molecule has 0 aromatic heterocycles. The van der Waals surface area contributed by atoms with Crippen LogP contribution in [0.5, 0.6) is 0 Å². The third-order valence-corrected chi connectivity index (χ3v) is 5.86. The van der Waals surface area contributed by atoms with Gasteiger partial charge >= 0.3 is 12.1 Å². The molecule has 4 nitrogen and oxygen atoms in total. The van der Waals surface area contributed by atoms with Crippen LogP contribution in [0.4, 0.5) is 13.2 Å². The zero-order valence-electron chi connectivity index (χ0n) is 14.4. The third kappa shape index (κ3) is 3.71. The Balaban J connectivity index is 1.58. The number of hydrogen-bond acceptors (Lipinski definition) is 2. The Labute approximate surface area is 150 Å². The Morgan fingerprint density at radius 3 is 2.35 bits per heavy atom. The molecule has 1 N–H and O–H groups in total. The van der Waals surface area contributed by atoms with Gasteiger partial charge in [0.25, 0.3) is 0 Å². The van der Waals surface area contributed by atoms with Gasteiger partial charge in [-0.2, -0.15) is 13.2 Å². The van der Waals surface area contributed by atoms with E-state index in [2.05, 4.69) is 0 Å². The number of nitrogens with zero attached hydrogens (tertiary/aromatic N) is 1. The van der Waals surface area contributed by atoms with Gasteiger partial charge in [-0.25, -0.2) is 4.79 Å². The van der Waals surface area contributed by atoms with Crippen molar-refractivity contribution in [1.82, 2.24) is 4.90 Å². The minimum atomic E-state index is -4.19. The van der Waals surface area contributed by atoms with Crippen molar-refractivity contribution in [3.05, 3.63) is 35.4 Å². The second-order valence-electron chi connectivity index (χ2n) is 7.42. The fourth-order valence-electron chi connectivity index (χ4n) is 4.25. The van der Waals surface area contributed by atoms with Crippen LogP contribution in [0.2, 0.25) is 0 Å². The molecule has 1 spiro atoms. The van der Waals surface area contributed by atoms with Crippen LogP contribution >= 0.6 is 0 Å². The highest BCUT2D eigenvalue weighted by atomic mass is 19.4. The van der Waals surface area contributed by atoms with Gasteiger partial charge in [-0.1, -0.05) is 18.6 Å². The average Bonchev–Trinajstić information content (AvgIpc) is 2.57. The fourth-order valence-corrected chi connectivity index (χ4v) is 4.25. The van der Waals surface area contributed by atoms with Crippen LogP contribution in [0.1, 0.15) is 48.0 Å². The van der Waals surface area contributed by atoms with Crippen molar-refractivity contribution in [2.45, 2.75) is 44.7 Å². The van der Waals surface area contributed by atoms with E-state index in [-0.39, 0.29) is 37.4 Å². The van der Waals surface area contributed by atoms with Crippen LogP contribution in [-0.4, -0.2) is 41.1 Å². The van der Waals surface area contributed by atoms with Gasteiger partial charge in [-0.3, -0.25) is 4.79 Å². The Hall–Kier alpha value is -2.05. The van der Waals surface area contributed by atoms with E-state index in [1.807, 2.05) is 0 Å². The number of carbonyl (C=O) groups is 2. The minimum absolute atomic E-state index is 0.0114. The predicted octanol–water partition coefficient (Wildman–Crippen LogP) is 3.90. The molecule has 1 saturated heterocycles. The summed E-state index contributed by atoms with van der Waals surface area (Å²) in [5, 5.41) is 8.88. The molecule has 0 radical (unpaired) electrons. The summed E-state index contributed by atoms with van der Waals surface area (Å²) in [4.78, 5) is 24.9. The van der Waals surface area contributed by atoms with Crippen molar-refractivity contribution in [2.24, 2.45) is 11.3 Å². The molecule has 1 amide bonds. The Kier molecular flexibility index (Phi) is 4.99. The summed E-state index contributed by atoms with van der Waals surface area (Å²) in [7, 11) is 0. The standard InChI is InChI=1S/C19H22F3NO3/c20-19(21,22)15-8-11-23(12-18(15)9-1-10-18)16(24)7-4-13-2-5-14(6-3-13)17(25)26/h2-3,5-6,15H,1,4,7-12H2,(H,25,26). The number of rotatable bonds is 4. The fraction of sp³-hybridized carbons (Fsp3) is 0.579. The lowest BCUT2D eigenvalue weighted by Crippen LogP contribution is -2.57. The van der Waals surface area contributed by atoms with E-state index in [1.165, 1.54) is 12.1 Å². The molecule has 7 heteroatoms. The summed E-state index contributed by atoms with van der Waals surface area (Å²) in [5.74, 6) is -2.43. The maximum atomic E-state index is 13.3. The largest absolute Gasteiger partial charge is 0.478 e. The van der Waals surface area contributed by atoms with Gasteiger partial charge < -0.3 is 10.0 Å². The number of aryl methyl sites for hydroxylation is 1. The van der Waals surface area contributed by atoms with Crippen molar-refractivity contribution in [2.75, 3.05) is 13.1 Å². The highest BCUT2D eigenvalue weighted by Gasteiger charge is 2.58. The summed E-state index contributed by atoms with van der Waals surface area (Å²) in [6.07, 6.45) is -1.66. The van der Waals surface area contributed by atoms with Crippen LogP contribution in [0, 0.1) is 11.3 Å². The summed E-state index contributed by atoms with van der Waals surface area (Å²) >= 11 is 0. The molecule has 0 bridgehead atoms. The van der Waals surface area contributed by atoms with Crippen molar-refractivity contribution in [3.8, 4) is 0 Å². The monoisotopic (exact) mass is 369 g/mol. The first-order valence-corrected chi connectivity index (χ1v) is 8.88. The lowest BCUT2D eigenvalue weighted by Gasteiger charge is -2.54. The van der Waals surface area contributed by atoms with E-state index < -0.39 is 23.5 Å². The van der Waals surface area contributed by atoms with Crippen LogP contribution in [0.3, 0.4) is 0 Å². The van der Waals surface area contributed by atoms with E-state index >= 15 is 0 Å². The Morgan fingerprint density at radius 1 is 1.19 bits per heavy atom. The topological polar surface area (TPSA) is 57.6 Å². The normalized spacial score (nSPS) is 22.1. The van der Waals surface area contributed by atoms with E-state index in [1.54, 1.807) is 17.0 Å². The van der Waals surface area contributed by atoms with Gasteiger partial charge in [0, 0.05) is 19.5 Å². The van der Waals surface area contributed by atoms with E-state index in [0.29, 0.717) is 19.3 Å². The van der Waals surface area contributed by atoms with E-state index in [9.17, 15) is 22.8 Å². The summed E-state index contributed by atoms with van der Waals surface area (Å²) in [5.41, 5.74) is 0.239. The molecule has 26 heavy (non-hydrogen) atoms.